The van der Waals surface area contributed by atoms with Crippen molar-refractivity contribution in [3.05, 3.63) is 58.1 Å². The summed E-state index contributed by atoms with van der Waals surface area (Å²) in [6, 6.07) is 14.4. The maximum atomic E-state index is 6.05. The van der Waals surface area contributed by atoms with Crippen LogP contribution >= 0.6 is 15.9 Å². The molecule has 0 saturated heterocycles. The molecule has 2 aromatic carbocycles. The van der Waals surface area contributed by atoms with Crippen LogP contribution in [0, 0.1) is 0 Å². The number of unbranched alkanes of at least 4 members (excludes halogenated alkanes) is 4. The first-order valence-corrected chi connectivity index (χ1v) is 10.9. The van der Waals surface area contributed by atoms with Crippen molar-refractivity contribution < 1.29 is 9.47 Å². The van der Waals surface area contributed by atoms with E-state index in [1.807, 2.05) is 25.1 Å². The van der Waals surface area contributed by atoms with Gasteiger partial charge in [-0.1, -0.05) is 62.9 Å². The second-order valence-electron chi connectivity index (χ2n) is 6.70. The van der Waals surface area contributed by atoms with Gasteiger partial charge in [0.1, 0.15) is 6.61 Å². The van der Waals surface area contributed by atoms with Crippen LogP contribution in [0.15, 0.2) is 46.9 Å². The molecule has 0 spiro atoms. The summed E-state index contributed by atoms with van der Waals surface area (Å²) in [4.78, 5) is 0. The van der Waals surface area contributed by atoms with Gasteiger partial charge in [-0.2, -0.15) is 0 Å². The average Bonchev–Trinajstić information content (AvgIpc) is 2.68. The number of halogens is 1. The summed E-state index contributed by atoms with van der Waals surface area (Å²) in [7, 11) is 0. The molecule has 0 aromatic heterocycles. The van der Waals surface area contributed by atoms with Crippen molar-refractivity contribution in [2.45, 2.75) is 59.1 Å². The van der Waals surface area contributed by atoms with Crippen LogP contribution < -0.4 is 14.8 Å². The third-order valence-electron chi connectivity index (χ3n) is 4.38. The molecule has 0 saturated carbocycles. The van der Waals surface area contributed by atoms with Crippen molar-refractivity contribution in [3.63, 3.8) is 0 Å². The van der Waals surface area contributed by atoms with Crippen LogP contribution in [0.4, 0.5) is 0 Å². The first-order chi connectivity index (χ1) is 13.2. The lowest BCUT2D eigenvalue weighted by Crippen LogP contribution is -2.15. The van der Waals surface area contributed by atoms with Crippen molar-refractivity contribution in [3.8, 4) is 11.5 Å². The van der Waals surface area contributed by atoms with E-state index in [9.17, 15) is 0 Å². The topological polar surface area (TPSA) is 30.5 Å². The predicted octanol–water partition coefficient (Wildman–Crippen LogP) is 6.49. The second-order valence-corrected chi connectivity index (χ2v) is 7.56. The van der Waals surface area contributed by atoms with Crippen LogP contribution in [0.3, 0.4) is 0 Å². The molecule has 0 radical (unpaired) electrons. The summed E-state index contributed by atoms with van der Waals surface area (Å²) >= 11 is 3.66. The highest BCUT2D eigenvalue weighted by Crippen LogP contribution is 2.37. The number of nitrogens with one attached hydrogen (secondary N) is 1. The number of hydrogen-bond acceptors (Lipinski definition) is 3. The van der Waals surface area contributed by atoms with E-state index in [1.54, 1.807) is 0 Å². The fourth-order valence-corrected chi connectivity index (χ4v) is 3.55. The SMILES string of the molecule is CCCCCCCNCc1cc(Br)c(OCc2ccccc2)c(OCC)c1. The number of rotatable bonds is 13. The van der Waals surface area contributed by atoms with Crippen LogP contribution in [0.25, 0.3) is 0 Å². The standard InChI is InChI=1S/C23H32BrNO2/c1-3-5-6-7-11-14-25-17-20-15-21(24)23(22(16-20)26-4-2)27-18-19-12-9-8-10-13-19/h8-10,12-13,15-16,25H,3-7,11,14,17-18H2,1-2H3. The van der Waals surface area contributed by atoms with E-state index in [4.69, 9.17) is 9.47 Å². The zero-order valence-corrected chi connectivity index (χ0v) is 18.2. The summed E-state index contributed by atoms with van der Waals surface area (Å²) < 4.78 is 12.8. The van der Waals surface area contributed by atoms with Gasteiger partial charge in [-0.15, -0.1) is 0 Å². The lowest BCUT2D eigenvalue weighted by molar-refractivity contribution is 0.267. The van der Waals surface area contributed by atoms with E-state index in [0.717, 1.165) is 34.6 Å². The third kappa shape index (κ3) is 7.94. The van der Waals surface area contributed by atoms with Crippen LogP contribution in [-0.4, -0.2) is 13.2 Å². The van der Waals surface area contributed by atoms with E-state index < -0.39 is 0 Å². The molecule has 0 aliphatic heterocycles. The normalized spacial score (nSPS) is 10.8. The lowest BCUT2D eigenvalue weighted by atomic mass is 10.1. The van der Waals surface area contributed by atoms with Gasteiger partial charge in [0.2, 0.25) is 0 Å². The highest BCUT2D eigenvalue weighted by atomic mass is 79.9. The first-order valence-electron chi connectivity index (χ1n) is 10.1. The Balaban J connectivity index is 1.92. The third-order valence-corrected chi connectivity index (χ3v) is 4.97. The quantitative estimate of drug-likeness (QED) is 0.366. The Hall–Kier alpha value is -1.52. The molecule has 0 atom stereocenters. The number of hydrogen-bond donors (Lipinski definition) is 1. The molecule has 0 bridgehead atoms. The smallest absolute Gasteiger partial charge is 0.175 e. The Morgan fingerprint density at radius 3 is 2.41 bits per heavy atom. The Morgan fingerprint density at radius 1 is 0.889 bits per heavy atom. The molecular weight excluding hydrogens is 402 g/mol. The van der Waals surface area contributed by atoms with Gasteiger partial charge in [0.25, 0.3) is 0 Å². The van der Waals surface area contributed by atoms with Crippen LogP contribution in [0.1, 0.15) is 57.1 Å². The second kappa shape index (κ2) is 12.8. The molecule has 0 fully saturated rings. The van der Waals surface area contributed by atoms with E-state index in [2.05, 4.69) is 52.4 Å². The summed E-state index contributed by atoms with van der Waals surface area (Å²) in [6.07, 6.45) is 6.51. The maximum Gasteiger partial charge on any atom is 0.175 e. The molecule has 1 N–H and O–H groups in total. The van der Waals surface area contributed by atoms with E-state index >= 15 is 0 Å². The van der Waals surface area contributed by atoms with E-state index in [0.29, 0.717) is 13.2 Å². The van der Waals surface area contributed by atoms with Crippen molar-refractivity contribution in [1.29, 1.82) is 0 Å². The highest BCUT2D eigenvalue weighted by molar-refractivity contribution is 9.10. The van der Waals surface area contributed by atoms with Gasteiger partial charge in [-0.3, -0.25) is 0 Å². The molecule has 0 heterocycles. The average molecular weight is 434 g/mol. The summed E-state index contributed by atoms with van der Waals surface area (Å²) in [5.74, 6) is 1.56. The zero-order valence-electron chi connectivity index (χ0n) is 16.6. The molecule has 2 aromatic rings. The largest absolute Gasteiger partial charge is 0.490 e. The van der Waals surface area contributed by atoms with Gasteiger partial charge < -0.3 is 14.8 Å². The fraction of sp³-hybridized carbons (Fsp3) is 0.478. The van der Waals surface area contributed by atoms with Gasteiger partial charge in [0.15, 0.2) is 11.5 Å². The zero-order chi connectivity index (χ0) is 19.3. The van der Waals surface area contributed by atoms with Crippen molar-refractivity contribution in [2.24, 2.45) is 0 Å². The monoisotopic (exact) mass is 433 g/mol. The molecule has 0 unspecified atom stereocenters. The molecule has 0 aliphatic carbocycles. The van der Waals surface area contributed by atoms with Crippen molar-refractivity contribution >= 4 is 15.9 Å². The van der Waals surface area contributed by atoms with Gasteiger partial charge in [-0.05, 0) is 59.1 Å². The van der Waals surface area contributed by atoms with Crippen LogP contribution in [-0.2, 0) is 13.2 Å². The lowest BCUT2D eigenvalue weighted by Gasteiger charge is -2.16. The summed E-state index contributed by atoms with van der Waals surface area (Å²) in [5.41, 5.74) is 2.34. The molecule has 3 nitrogen and oxygen atoms in total. The van der Waals surface area contributed by atoms with E-state index in [1.165, 1.54) is 37.7 Å². The Bertz CT molecular complexity index is 661. The molecule has 0 amide bonds. The van der Waals surface area contributed by atoms with Crippen molar-refractivity contribution in [1.82, 2.24) is 5.32 Å². The Morgan fingerprint density at radius 2 is 1.67 bits per heavy atom. The number of ether oxygens (including phenoxy) is 2. The fourth-order valence-electron chi connectivity index (χ4n) is 2.94. The maximum absolute atomic E-state index is 6.05. The van der Waals surface area contributed by atoms with Crippen LogP contribution in [0.2, 0.25) is 0 Å². The summed E-state index contributed by atoms with van der Waals surface area (Å²) in [5, 5.41) is 3.54. The molecule has 4 heteroatoms. The first kappa shape index (κ1) is 21.8. The molecule has 2 rings (SSSR count). The Kier molecular flexibility index (Phi) is 10.3. The van der Waals surface area contributed by atoms with Crippen LogP contribution in [0.5, 0.6) is 11.5 Å². The minimum absolute atomic E-state index is 0.523. The van der Waals surface area contributed by atoms with E-state index in [-0.39, 0.29) is 0 Å². The van der Waals surface area contributed by atoms with Crippen molar-refractivity contribution in [2.75, 3.05) is 13.2 Å². The highest BCUT2D eigenvalue weighted by Gasteiger charge is 2.12. The Labute approximate surface area is 172 Å². The molecule has 148 valence electrons. The minimum atomic E-state index is 0.523. The molecular formula is C23H32BrNO2. The van der Waals surface area contributed by atoms with Gasteiger partial charge in [0, 0.05) is 6.54 Å². The summed E-state index contributed by atoms with van der Waals surface area (Å²) in [6.45, 7) is 7.27. The molecule has 0 aliphatic rings. The minimum Gasteiger partial charge on any atom is -0.490 e. The number of benzene rings is 2. The van der Waals surface area contributed by atoms with Gasteiger partial charge in [-0.25, -0.2) is 0 Å². The van der Waals surface area contributed by atoms with Gasteiger partial charge >= 0.3 is 0 Å². The van der Waals surface area contributed by atoms with Gasteiger partial charge in [0.05, 0.1) is 11.1 Å². The predicted molar refractivity (Wildman–Crippen MR) is 117 cm³/mol. The molecule has 27 heavy (non-hydrogen) atoms.